The summed E-state index contributed by atoms with van der Waals surface area (Å²) in [6.07, 6.45) is 1.68. The van der Waals surface area contributed by atoms with E-state index in [9.17, 15) is 10.2 Å². The first kappa shape index (κ1) is 13.2. The van der Waals surface area contributed by atoms with E-state index in [-0.39, 0.29) is 13.2 Å². The van der Waals surface area contributed by atoms with Crippen LogP contribution in [0, 0.1) is 12.3 Å². The zero-order valence-electron chi connectivity index (χ0n) is 10.2. The average molecular weight is 227 g/mol. The third kappa shape index (κ3) is 3.33. The van der Waals surface area contributed by atoms with Crippen LogP contribution in [0.4, 0.5) is 0 Å². The van der Waals surface area contributed by atoms with Crippen molar-refractivity contribution in [3.8, 4) is 0 Å². The van der Waals surface area contributed by atoms with Gasteiger partial charge in [-0.15, -0.1) is 0 Å². The summed E-state index contributed by atoms with van der Waals surface area (Å²) < 4.78 is 5.22. The summed E-state index contributed by atoms with van der Waals surface area (Å²) in [6.45, 7) is 5.17. The number of rotatable bonds is 6. The molecule has 0 spiro atoms. The zero-order chi connectivity index (χ0) is 12.2. The number of furan rings is 1. The SMILES string of the molecule is Cc1occc1CN(C)CC(C)(CO)CO. The summed E-state index contributed by atoms with van der Waals surface area (Å²) in [4.78, 5) is 2.07. The normalized spacial score (nSPS) is 12.4. The summed E-state index contributed by atoms with van der Waals surface area (Å²) in [5, 5.41) is 18.4. The molecule has 2 N–H and O–H groups in total. The van der Waals surface area contributed by atoms with Crippen LogP contribution in [0.5, 0.6) is 0 Å². The van der Waals surface area contributed by atoms with Crippen LogP contribution in [0.15, 0.2) is 16.7 Å². The highest BCUT2D eigenvalue weighted by Gasteiger charge is 2.24. The molecule has 0 aliphatic carbocycles. The fourth-order valence-electron chi connectivity index (χ4n) is 1.72. The Morgan fingerprint density at radius 2 is 2.00 bits per heavy atom. The lowest BCUT2D eigenvalue weighted by Gasteiger charge is -2.30. The van der Waals surface area contributed by atoms with Crippen molar-refractivity contribution >= 4 is 0 Å². The fourth-order valence-corrected chi connectivity index (χ4v) is 1.72. The van der Waals surface area contributed by atoms with Crippen LogP contribution in [0.1, 0.15) is 18.2 Å². The Labute approximate surface area is 96.5 Å². The molecule has 92 valence electrons. The van der Waals surface area contributed by atoms with Crippen molar-refractivity contribution in [2.45, 2.75) is 20.4 Å². The summed E-state index contributed by atoms with van der Waals surface area (Å²) in [7, 11) is 1.97. The van der Waals surface area contributed by atoms with Gasteiger partial charge in [-0.05, 0) is 20.0 Å². The van der Waals surface area contributed by atoms with Crippen molar-refractivity contribution in [2.75, 3.05) is 26.8 Å². The van der Waals surface area contributed by atoms with Crippen LogP contribution in [0.25, 0.3) is 0 Å². The number of aliphatic hydroxyl groups is 2. The first-order chi connectivity index (χ1) is 7.50. The predicted molar refractivity (Wildman–Crippen MR) is 62.1 cm³/mol. The van der Waals surface area contributed by atoms with Gasteiger partial charge in [0, 0.05) is 24.1 Å². The van der Waals surface area contributed by atoms with Gasteiger partial charge in [0.05, 0.1) is 19.5 Å². The quantitative estimate of drug-likeness (QED) is 0.761. The van der Waals surface area contributed by atoms with Crippen molar-refractivity contribution in [3.63, 3.8) is 0 Å². The second kappa shape index (κ2) is 5.48. The molecule has 4 nitrogen and oxygen atoms in total. The minimum Gasteiger partial charge on any atom is -0.469 e. The Morgan fingerprint density at radius 1 is 1.38 bits per heavy atom. The number of aliphatic hydroxyl groups excluding tert-OH is 2. The topological polar surface area (TPSA) is 56.8 Å². The van der Waals surface area contributed by atoms with Crippen molar-refractivity contribution < 1.29 is 14.6 Å². The molecule has 1 heterocycles. The lowest BCUT2D eigenvalue weighted by Crippen LogP contribution is -2.38. The van der Waals surface area contributed by atoms with Gasteiger partial charge in [0.15, 0.2) is 0 Å². The molecular formula is C12H21NO3. The third-order valence-electron chi connectivity index (χ3n) is 2.82. The van der Waals surface area contributed by atoms with Gasteiger partial charge in [0.2, 0.25) is 0 Å². The van der Waals surface area contributed by atoms with Crippen molar-refractivity contribution in [2.24, 2.45) is 5.41 Å². The first-order valence-electron chi connectivity index (χ1n) is 5.44. The molecule has 1 aromatic heterocycles. The highest BCUT2D eigenvalue weighted by molar-refractivity contribution is 5.15. The van der Waals surface area contributed by atoms with E-state index in [0.29, 0.717) is 6.54 Å². The lowest BCUT2D eigenvalue weighted by molar-refractivity contribution is 0.0401. The summed E-state index contributed by atoms with van der Waals surface area (Å²) in [5.41, 5.74) is 0.688. The lowest BCUT2D eigenvalue weighted by atomic mass is 9.92. The molecule has 0 amide bonds. The second-order valence-corrected chi connectivity index (χ2v) is 4.80. The minimum absolute atomic E-state index is 0.0157. The molecule has 0 fully saturated rings. The van der Waals surface area contributed by atoms with Crippen LogP contribution in [0.2, 0.25) is 0 Å². The Morgan fingerprint density at radius 3 is 2.44 bits per heavy atom. The molecule has 16 heavy (non-hydrogen) atoms. The van der Waals surface area contributed by atoms with E-state index in [0.717, 1.165) is 17.9 Å². The smallest absolute Gasteiger partial charge is 0.105 e. The Balaban J connectivity index is 2.53. The van der Waals surface area contributed by atoms with Crippen LogP contribution in [0.3, 0.4) is 0 Å². The molecule has 0 aromatic carbocycles. The number of aryl methyl sites for hydroxylation is 1. The van der Waals surface area contributed by atoms with E-state index in [4.69, 9.17) is 4.42 Å². The van der Waals surface area contributed by atoms with Crippen molar-refractivity contribution in [1.29, 1.82) is 0 Å². The predicted octanol–water partition coefficient (Wildman–Crippen LogP) is 1.01. The van der Waals surface area contributed by atoms with E-state index in [1.807, 2.05) is 27.0 Å². The molecule has 0 aliphatic rings. The van der Waals surface area contributed by atoms with E-state index in [2.05, 4.69) is 4.90 Å². The van der Waals surface area contributed by atoms with E-state index < -0.39 is 5.41 Å². The maximum Gasteiger partial charge on any atom is 0.105 e. The molecule has 0 unspecified atom stereocenters. The summed E-state index contributed by atoms with van der Waals surface area (Å²) in [5.74, 6) is 0.918. The zero-order valence-corrected chi connectivity index (χ0v) is 10.2. The molecule has 1 aromatic rings. The van der Waals surface area contributed by atoms with Gasteiger partial charge in [0.25, 0.3) is 0 Å². The van der Waals surface area contributed by atoms with Gasteiger partial charge in [-0.1, -0.05) is 6.92 Å². The van der Waals surface area contributed by atoms with Gasteiger partial charge in [-0.2, -0.15) is 0 Å². The van der Waals surface area contributed by atoms with Crippen LogP contribution in [-0.2, 0) is 6.54 Å². The highest BCUT2D eigenvalue weighted by Crippen LogP contribution is 2.18. The molecule has 1 rings (SSSR count). The van der Waals surface area contributed by atoms with Crippen LogP contribution < -0.4 is 0 Å². The molecule has 0 radical (unpaired) electrons. The molecule has 4 heteroatoms. The number of nitrogens with zero attached hydrogens (tertiary/aromatic N) is 1. The third-order valence-corrected chi connectivity index (χ3v) is 2.82. The van der Waals surface area contributed by atoms with Crippen LogP contribution >= 0.6 is 0 Å². The summed E-state index contributed by atoms with van der Waals surface area (Å²) >= 11 is 0. The van der Waals surface area contributed by atoms with Gasteiger partial charge in [-0.25, -0.2) is 0 Å². The molecule has 0 saturated carbocycles. The Hall–Kier alpha value is -0.840. The van der Waals surface area contributed by atoms with Gasteiger partial charge in [0.1, 0.15) is 5.76 Å². The summed E-state index contributed by atoms with van der Waals surface area (Å²) in [6, 6.07) is 1.95. The number of hydrogen-bond acceptors (Lipinski definition) is 4. The maximum absolute atomic E-state index is 9.21. The molecule has 0 aliphatic heterocycles. The van der Waals surface area contributed by atoms with Gasteiger partial charge < -0.3 is 19.5 Å². The van der Waals surface area contributed by atoms with E-state index >= 15 is 0 Å². The van der Waals surface area contributed by atoms with Gasteiger partial charge >= 0.3 is 0 Å². The van der Waals surface area contributed by atoms with Crippen LogP contribution in [-0.4, -0.2) is 41.9 Å². The minimum atomic E-state index is -0.452. The molecule has 0 saturated heterocycles. The standard InChI is InChI=1S/C12H21NO3/c1-10-11(4-5-16-10)6-13(3)7-12(2,8-14)9-15/h4-5,14-15H,6-9H2,1-3H3. The molecule has 0 atom stereocenters. The second-order valence-electron chi connectivity index (χ2n) is 4.80. The Kier molecular flexibility index (Phi) is 4.53. The molecular weight excluding hydrogens is 206 g/mol. The largest absolute Gasteiger partial charge is 0.469 e. The Bertz CT molecular complexity index is 318. The van der Waals surface area contributed by atoms with Gasteiger partial charge in [-0.3, -0.25) is 0 Å². The maximum atomic E-state index is 9.21. The number of hydrogen-bond donors (Lipinski definition) is 2. The average Bonchev–Trinajstić information content (AvgIpc) is 2.64. The first-order valence-corrected chi connectivity index (χ1v) is 5.44. The molecule has 0 bridgehead atoms. The van der Waals surface area contributed by atoms with Crippen molar-refractivity contribution in [3.05, 3.63) is 23.7 Å². The van der Waals surface area contributed by atoms with E-state index in [1.54, 1.807) is 6.26 Å². The fraction of sp³-hybridized carbons (Fsp3) is 0.667. The van der Waals surface area contributed by atoms with Crippen molar-refractivity contribution in [1.82, 2.24) is 4.90 Å². The monoisotopic (exact) mass is 227 g/mol. The highest BCUT2D eigenvalue weighted by atomic mass is 16.3. The van der Waals surface area contributed by atoms with E-state index in [1.165, 1.54) is 0 Å².